The molecule has 0 aliphatic heterocycles. The summed E-state index contributed by atoms with van der Waals surface area (Å²) < 4.78 is 11.1. The highest BCUT2D eigenvalue weighted by Gasteiger charge is 2.32. The van der Waals surface area contributed by atoms with E-state index in [9.17, 15) is 19.6 Å². The van der Waals surface area contributed by atoms with E-state index in [-0.39, 0.29) is 41.0 Å². The number of nitrogens with zero attached hydrogens (tertiary/aromatic N) is 1. The number of amides is 1. The Morgan fingerprint density at radius 3 is 2.71 bits per heavy atom. The summed E-state index contributed by atoms with van der Waals surface area (Å²) in [6.07, 6.45) is 3.90. The van der Waals surface area contributed by atoms with Crippen LogP contribution in [-0.4, -0.2) is 30.6 Å². The van der Waals surface area contributed by atoms with Gasteiger partial charge in [0.15, 0.2) is 11.5 Å². The number of nitrogens with one attached hydrogen (secondary N) is 1. The highest BCUT2D eigenvalue weighted by atomic mass is 16.5. The minimum Gasteiger partial charge on any atom is -0.496 e. The molecule has 7 heteroatoms. The molecule has 1 aliphatic carbocycles. The van der Waals surface area contributed by atoms with Crippen molar-refractivity contribution in [3.8, 4) is 11.8 Å². The number of carbonyl (C=O) groups is 3. The SMILES string of the molecule is COc1cccc2oc(C(=O)C[C@@H](CC(C)(C)C)C(=O)N[C@H](C#N)C[C@@H]3CCCCC3=O)cc12. The molecule has 1 N–H and O–H groups in total. The van der Waals surface area contributed by atoms with Gasteiger partial charge in [0, 0.05) is 24.7 Å². The zero-order valence-corrected chi connectivity index (χ0v) is 20.5. The van der Waals surface area contributed by atoms with Gasteiger partial charge in [0.05, 0.1) is 18.6 Å². The number of fused-ring (bicyclic) bond motifs is 1. The van der Waals surface area contributed by atoms with Gasteiger partial charge in [0.1, 0.15) is 23.2 Å². The standard InChI is InChI=1S/C27H34N2O5/c1-27(2,3)15-18(26(32)29-19(16-28)12-17-8-5-6-9-21(17)30)13-22(31)25-14-20-23(33-4)10-7-11-24(20)34-25/h7,10-11,14,17-19H,5-6,8-9,12-13,15H2,1-4H3,(H,29,32)/t17-,18-,19-/m0/s1. The molecular weight excluding hydrogens is 432 g/mol. The van der Waals surface area contributed by atoms with Gasteiger partial charge >= 0.3 is 0 Å². The third kappa shape index (κ3) is 6.47. The van der Waals surface area contributed by atoms with Gasteiger partial charge in [-0.3, -0.25) is 14.4 Å². The zero-order valence-electron chi connectivity index (χ0n) is 20.5. The molecule has 34 heavy (non-hydrogen) atoms. The van der Waals surface area contributed by atoms with Crippen molar-refractivity contribution in [3.05, 3.63) is 30.0 Å². The highest BCUT2D eigenvalue weighted by Crippen LogP contribution is 2.32. The largest absolute Gasteiger partial charge is 0.496 e. The van der Waals surface area contributed by atoms with Gasteiger partial charge in [-0.25, -0.2) is 0 Å². The Bertz CT molecular complexity index is 1090. The fraction of sp³-hybridized carbons (Fsp3) is 0.556. The van der Waals surface area contributed by atoms with Crippen LogP contribution >= 0.6 is 0 Å². The topological polar surface area (TPSA) is 109 Å². The van der Waals surface area contributed by atoms with Crippen molar-refractivity contribution in [1.82, 2.24) is 5.32 Å². The molecular formula is C27H34N2O5. The molecule has 7 nitrogen and oxygen atoms in total. The summed E-state index contributed by atoms with van der Waals surface area (Å²) in [6, 6.07) is 8.36. The number of ether oxygens (including phenoxy) is 1. The molecule has 1 aliphatic rings. The second-order valence-corrected chi connectivity index (χ2v) is 10.4. The molecule has 2 aromatic rings. The molecule has 3 rings (SSSR count). The van der Waals surface area contributed by atoms with Crippen LogP contribution in [0.2, 0.25) is 0 Å². The number of ketones is 2. The summed E-state index contributed by atoms with van der Waals surface area (Å²) in [7, 11) is 1.56. The minimum absolute atomic E-state index is 0.0360. The summed E-state index contributed by atoms with van der Waals surface area (Å²) in [4.78, 5) is 38.5. The van der Waals surface area contributed by atoms with Crippen molar-refractivity contribution in [2.45, 2.75) is 71.8 Å². The smallest absolute Gasteiger partial charge is 0.224 e. The van der Waals surface area contributed by atoms with E-state index in [1.165, 1.54) is 0 Å². The fourth-order valence-corrected chi connectivity index (χ4v) is 4.69. The molecule has 1 amide bonds. The number of Topliss-reactive ketones (excluding diaryl/α,β-unsaturated/α-hetero) is 2. The monoisotopic (exact) mass is 466 g/mol. The predicted molar refractivity (Wildman–Crippen MR) is 128 cm³/mol. The minimum atomic E-state index is -0.757. The van der Waals surface area contributed by atoms with Gasteiger partial charge < -0.3 is 14.5 Å². The summed E-state index contributed by atoms with van der Waals surface area (Å²) in [5, 5.41) is 13.1. The Labute approximate surface area is 200 Å². The molecule has 0 radical (unpaired) electrons. The molecule has 0 saturated heterocycles. The van der Waals surface area contributed by atoms with Crippen molar-refractivity contribution in [2.75, 3.05) is 7.11 Å². The van der Waals surface area contributed by atoms with Gasteiger partial charge in [0.2, 0.25) is 5.91 Å². The normalized spacial score (nSPS) is 18.2. The van der Waals surface area contributed by atoms with E-state index >= 15 is 0 Å². The van der Waals surface area contributed by atoms with Crippen molar-refractivity contribution in [2.24, 2.45) is 17.3 Å². The van der Waals surface area contributed by atoms with E-state index in [2.05, 4.69) is 11.4 Å². The number of hydrogen-bond acceptors (Lipinski definition) is 6. The van der Waals surface area contributed by atoms with Crippen molar-refractivity contribution in [1.29, 1.82) is 5.26 Å². The molecule has 1 aromatic carbocycles. The van der Waals surface area contributed by atoms with E-state index in [4.69, 9.17) is 9.15 Å². The van der Waals surface area contributed by atoms with Crippen LogP contribution in [0, 0.1) is 28.6 Å². The number of methoxy groups -OCH3 is 1. The number of carbonyl (C=O) groups excluding carboxylic acids is 3. The number of rotatable bonds is 9. The Hall–Kier alpha value is -3.14. The van der Waals surface area contributed by atoms with Crippen LogP contribution in [0.4, 0.5) is 0 Å². The third-order valence-corrected chi connectivity index (χ3v) is 6.35. The molecule has 182 valence electrons. The zero-order chi connectivity index (χ0) is 24.9. The Balaban J connectivity index is 1.74. The van der Waals surface area contributed by atoms with Gasteiger partial charge in [-0.1, -0.05) is 33.3 Å². The summed E-state index contributed by atoms with van der Waals surface area (Å²) in [6.45, 7) is 6.02. The number of benzene rings is 1. The molecule has 1 fully saturated rings. The van der Waals surface area contributed by atoms with Crippen LogP contribution in [0.1, 0.15) is 76.3 Å². The fourth-order valence-electron chi connectivity index (χ4n) is 4.69. The maximum atomic E-state index is 13.2. The van der Waals surface area contributed by atoms with Gasteiger partial charge in [-0.2, -0.15) is 5.26 Å². The van der Waals surface area contributed by atoms with Crippen LogP contribution in [0.5, 0.6) is 5.75 Å². The maximum Gasteiger partial charge on any atom is 0.224 e. The van der Waals surface area contributed by atoms with Crippen molar-refractivity contribution in [3.63, 3.8) is 0 Å². The lowest BCUT2D eigenvalue weighted by molar-refractivity contribution is -0.128. The van der Waals surface area contributed by atoms with Crippen LogP contribution in [0.3, 0.4) is 0 Å². The second-order valence-electron chi connectivity index (χ2n) is 10.4. The highest BCUT2D eigenvalue weighted by molar-refractivity contribution is 6.00. The van der Waals surface area contributed by atoms with E-state index in [1.807, 2.05) is 20.8 Å². The average Bonchev–Trinajstić information content (AvgIpc) is 3.23. The molecule has 0 bridgehead atoms. The lowest BCUT2D eigenvalue weighted by atomic mass is 9.81. The van der Waals surface area contributed by atoms with Crippen molar-refractivity contribution >= 4 is 28.4 Å². The van der Waals surface area contributed by atoms with E-state index < -0.39 is 12.0 Å². The summed E-state index contributed by atoms with van der Waals surface area (Å²) >= 11 is 0. The molecule has 1 heterocycles. The van der Waals surface area contributed by atoms with E-state index in [0.717, 1.165) is 19.3 Å². The molecule has 0 unspecified atom stereocenters. The van der Waals surface area contributed by atoms with Crippen LogP contribution in [-0.2, 0) is 9.59 Å². The Morgan fingerprint density at radius 2 is 2.06 bits per heavy atom. The number of hydrogen-bond donors (Lipinski definition) is 1. The molecule has 1 saturated carbocycles. The van der Waals surface area contributed by atoms with Crippen molar-refractivity contribution < 1.29 is 23.5 Å². The van der Waals surface area contributed by atoms with E-state index in [1.54, 1.807) is 31.4 Å². The molecule has 3 atom stereocenters. The first-order chi connectivity index (χ1) is 16.1. The number of nitriles is 1. The first-order valence-electron chi connectivity index (χ1n) is 11.9. The lowest BCUT2D eigenvalue weighted by Gasteiger charge is -2.27. The quantitative estimate of drug-likeness (QED) is 0.507. The molecule has 0 spiro atoms. The average molecular weight is 467 g/mol. The number of furan rings is 1. The van der Waals surface area contributed by atoms with Crippen LogP contribution in [0.25, 0.3) is 11.0 Å². The van der Waals surface area contributed by atoms with Crippen LogP contribution in [0.15, 0.2) is 28.7 Å². The second kappa shape index (κ2) is 10.9. The first-order valence-corrected chi connectivity index (χ1v) is 11.9. The first kappa shape index (κ1) is 25.5. The van der Waals surface area contributed by atoms with Gasteiger partial charge in [0.25, 0.3) is 0 Å². The third-order valence-electron chi connectivity index (χ3n) is 6.35. The van der Waals surface area contributed by atoms with Crippen LogP contribution < -0.4 is 10.1 Å². The molecule has 1 aromatic heterocycles. The lowest BCUT2D eigenvalue weighted by Crippen LogP contribution is -2.42. The maximum absolute atomic E-state index is 13.2. The predicted octanol–water partition coefficient (Wildman–Crippen LogP) is 5.22. The Morgan fingerprint density at radius 1 is 1.29 bits per heavy atom. The van der Waals surface area contributed by atoms with E-state index in [0.29, 0.717) is 36.0 Å². The summed E-state index contributed by atoms with van der Waals surface area (Å²) in [5.41, 5.74) is 0.335. The summed E-state index contributed by atoms with van der Waals surface area (Å²) in [5.74, 6) is -0.477. The van der Waals surface area contributed by atoms with Gasteiger partial charge in [-0.15, -0.1) is 0 Å². The Kier molecular flexibility index (Phi) is 8.14. The van der Waals surface area contributed by atoms with Gasteiger partial charge in [-0.05, 0) is 49.3 Å².